The Hall–Kier alpha value is -1.59. The molecule has 0 aromatic heterocycles. The van der Waals surface area contributed by atoms with Crippen LogP contribution in [0.5, 0.6) is 5.75 Å². The third-order valence-corrected chi connectivity index (χ3v) is 5.28. The van der Waals surface area contributed by atoms with E-state index < -0.39 is 6.10 Å². The number of para-hydroxylation sites is 1. The van der Waals surface area contributed by atoms with E-state index in [2.05, 4.69) is 10.2 Å². The minimum Gasteiger partial charge on any atom is -0.491 e. The van der Waals surface area contributed by atoms with E-state index >= 15 is 0 Å². The Balaban J connectivity index is 1.47. The number of ether oxygens (including phenoxy) is 1. The molecule has 1 heterocycles. The van der Waals surface area contributed by atoms with Gasteiger partial charge < -0.3 is 20.1 Å². The van der Waals surface area contributed by atoms with Crippen LogP contribution in [0.4, 0.5) is 0 Å². The first-order valence-electron chi connectivity index (χ1n) is 9.77. The second-order valence-corrected chi connectivity index (χ2v) is 7.54. The Bertz CT molecular complexity index is 704. The molecule has 1 unspecified atom stereocenters. The molecule has 3 rings (SSSR count). The normalized spacial score (nSPS) is 16.2. The van der Waals surface area contributed by atoms with Crippen molar-refractivity contribution in [1.29, 1.82) is 0 Å². The summed E-state index contributed by atoms with van der Waals surface area (Å²) < 4.78 is 5.92. The van der Waals surface area contributed by atoms with Crippen LogP contribution >= 0.6 is 11.6 Å². The van der Waals surface area contributed by atoms with Gasteiger partial charge in [-0.3, -0.25) is 0 Å². The Morgan fingerprint density at radius 1 is 0.963 bits per heavy atom. The first-order chi connectivity index (χ1) is 13.2. The minimum atomic E-state index is -0.466. The zero-order valence-electron chi connectivity index (χ0n) is 15.7. The molecule has 4 nitrogen and oxygen atoms in total. The van der Waals surface area contributed by atoms with Gasteiger partial charge in [0.05, 0.1) is 0 Å². The van der Waals surface area contributed by atoms with Crippen molar-refractivity contribution >= 4 is 11.6 Å². The number of piperidine rings is 1. The number of hydrogen-bond donors (Lipinski definition) is 2. The fourth-order valence-electron chi connectivity index (χ4n) is 3.44. The first kappa shape index (κ1) is 20.2. The number of aliphatic hydroxyl groups excluding tert-OH is 1. The predicted octanol–water partition coefficient (Wildman–Crippen LogP) is 3.86. The summed E-state index contributed by atoms with van der Waals surface area (Å²) in [6, 6.07) is 15.8. The summed E-state index contributed by atoms with van der Waals surface area (Å²) in [7, 11) is 0. The molecule has 5 heteroatoms. The van der Waals surface area contributed by atoms with Crippen molar-refractivity contribution in [2.45, 2.75) is 38.5 Å². The zero-order chi connectivity index (χ0) is 18.9. The van der Waals surface area contributed by atoms with E-state index in [1.165, 1.54) is 19.3 Å². The smallest absolute Gasteiger partial charge is 0.123 e. The molecule has 0 spiro atoms. The largest absolute Gasteiger partial charge is 0.491 e. The maximum atomic E-state index is 10.3. The van der Waals surface area contributed by atoms with Crippen LogP contribution in [0.25, 0.3) is 0 Å². The van der Waals surface area contributed by atoms with Crippen molar-refractivity contribution in [3.8, 4) is 5.75 Å². The topological polar surface area (TPSA) is 44.7 Å². The lowest BCUT2D eigenvalue weighted by Gasteiger charge is -2.28. The van der Waals surface area contributed by atoms with Gasteiger partial charge in [-0.05, 0) is 43.6 Å². The molecule has 27 heavy (non-hydrogen) atoms. The summed E-state index contributed by atoms with van der Waals surface area (Å²) in [5.74, 6) is 0.821. The highest BCUT2D eigenvalue weighted by molar-refractivity contribution is 6.31. The molecule has 2 aromatic rings. The van der Waals surface area contributed by atoms with Gasteiger partial charge in [-0.1, -0.05) is 54.4 Å². The van der Waals surface area contributed by atoms with Crippen LogP contribution < -0.4 is 10.1 Å². The number of nitrogens with one attached hydrogen (secondary N) is 1. The van der Waals surface area contributed by atoms with E-state index in [0.717, 1.165) is 35.0 Å². The molecular weight excluding hydrogens is 360 g/mol. The number of β-amino-alcohol motifs (C(OH)–C–C–N with tert-alkyl or cyclic N) is 1. The Morgan fingerprint density at radius 2 is 1.63 bits per heavy atom. The highest BCUT2D eigenvalue weighted by Crippen LogP contribution is 2.19. The van der Waals surface area contributed by atoms with Gasteiger partial charge in [-0.2, -0.15) is 0 Å². The van der Waals surface area contributed by atoms with Crippen LogP contribution in [0.2, 0.25) is 5.02 Å². The molecule has 0 bridgehead atoms. The average Bonchev–Trinajstić information content (AvgIpc) is 2.69. The molecule has 2 N–H and O–H groups in total. The molecule has 0 aliphatic carbocycles. The monoisotopic (exact) mass is 388 g/mol. The number of halogens is 1. The Morgan fingerprint density at radius 3 is 2.41 bits per heavy atom. The molecule has 2 aromatic carbocycles. The van der Waals surface area contributed by atoms with Crippen molar-refractivity contribution in [3.05, 3.63) is 64.7 Å². The third kappa shape index (κ3) is 6.51. The molecule has 0 radical (unpaired) electrons. The van der Waals surface area contributed by atoms with Crippen molar-refractivity contribution < 1.29 is 9.84 Å². The second kappa shape index (κ2) is 10.7. The maximum Gasteiger partial charge on any atom is 0.123 e. The number of hydrogen-bond acceptors (Lipinski definition) is 4. The van der Waals surface area contributed by atoms with Crippen LogP contribution in [0.1, 0.15) is 30.4 Å². The van der Waals surface area contributed by atoms with E-state index in [-0.39, 0.29) is 0 Å². The van der Waals surface area contributed by atoms with E-state index in [1.807, 2.05) is 48.5 Å². The van der Waals surface area contributed by atoms with Crippen LogP contribution in [0.3, 0.4) is 0 Å². The second-order valence-electron chi connectivity index (χ2n) is 7.13. The number of nitrogens with zero attached hydrogens (tertiary/aromatic N) is 1. The van der Waals surface area contributed by atoms with Crippen LogP contribution in [-0.4, -0.2) is 42.4 Å². The quantitative estimate of drug-likeness (QED) is 0.684. The number of aliphatic hydroxyl groups is 1. The molecule has 0 amide bonds. The Kier molecular flexibility index (Phi) is 7.96. The van der Waals surface area contributed by atoms with Gasteiger partial charge in [0.15, 0.2) is 0 Å². The van der Waals surface area contributed by atoms with Crippen LogP contribution in [0, 0.1) is 0 Å². The number of benzene rings is 2. The van der Waals surface area contributed by atoms with Gasteiger partial charge in [-0.15, -0.1) is 0 Å². The van der Waals surface area contributed by atoms with Gasteiger partial charge in [-0.25, -0.2) is 0 Å². The van der Waals surface area contributed by atoms with Crippen LogP contribution in [0.15, 0.2) is 48.5 Å². The maximum absolute atomic E-state index is 10.3. The first-order valence-corrected chi connectivity index (χ1v) is 10.2. The molecule has 1 saturated heterocycles. The van der Waals surface area contributed by atoms with Gasteiger partial charge >= 0.3 is 0 Å². The average molecular weight is 389 g/mol. The van der Waals surface area contributed by atoms with Gasteiger partial charge in [0.2, 0.25) is 0 Å². The van der Waals surface area contributed by atoms with Gasteiger partial charge in [0, 0.05) is 30.2 Å². The van der Waals surface area contributed by atoms with Gasteiger partial charge in [0.1, 0.15) is 18.5 Å². The number of rotatable bonds is 9. The summed E-state index contributed by atoms with van der Waals surface area (Å²) in [6.07, 6.45) is 3.30. The molecule has 146 valence electrons. The third-order valence-electron chi connectivity index (χ3n) is 4.91. The Labute approximate surface area is 167 Å². The lowest BCUT2D eigenvalue weighted by Crippen LogP contribution is -2.38. The van der Waals surface area contributed by atoms with E-state index in [9.17, 15) is 5.11 Å². The van der Waals surface area contributed by atoms with Crippen molar-refractivity contribution in [2.24, 2.45) is 0 Å². The minimum absolute atomic E-state index is 0.317. The van der Waals surface area contributed by atoms with Crippen molar-refractivity contribution in [1.82, 2.24) is 10.2 Å². The summed E-state index contributed by atoms with van der Waals surface area (Å²) in [6.45, 7) is 4.55. The standard InChI is InChI=1S/C22H29ClN2O2/c23-21-10-4-2-8-18(21)14-24-15-19-9-3-5-11-22(19)27-17-20(26)16-25-12-6-1-7-13-25/h2-5,8-11,20,24,26H,1,6-7,12-17H2. The SMILES string of the molecule is OC(COc1ccccc1CNCc1ccccc1Cl)CN1CCCCC1. The fraction of sp³-hybridized carbons (Fsp3) is 0.455. The summed E-state index contributed by atoms with van der Waals surface area (Å²) in [5, 5.41) is 14.5. The highest BCUT2D eigenvalue weighted by atomic mass is 35.5. The van der Waals surface area contributed by atoms with Crippen molar-refractivity contribution in [2.75, 3.05) is 26.2 Å². The molecule has 1 aliphatic heterocycles. The van der Waals surface area contributed by atoms with Crippen molar-refractivity contribution in [3.63, 3.8) is 0 Å². The lowest BCUT2D eigenvalue weighted by molar-refractivity contribution is 0.0614. The van der Waals surface area contributed by atoms with E-state index in [4.69, 9.17) is 16.3 Å². The van der Waals surface area contributed by atoms with Gasteiger partial charge in [0.25, 0.3) is 0 Å². The number of likely N-dealkylation sites (tertiary alicyclic amines) is 1. The summed E-state index contributed by atoms with van der Waals surface area (Å²) in [4.78, 5) is 2.33. The van der Waals surface area contributed by atoms with Crippen LogP contribution in [-0.2, 0) is 13.1 Å². The molecule has 1 fully saturated rings. The molecule has 1 atom stereocenters. The highest BCUT2D eigenvalue weighted by Gasteiger charge is 2.15. The summed E-state index contributed by atoms with van der Waals surface area (Å²) >= 11 is 6.21. The molecular formula is C22H29ClN2O2. The van der Waals surface area contributed by atoms with E-state index in [1.54, 1.807) is 0 Å². The van der Waals surface area contributed by atoms with E-state index in [0.29, 0.717) is 26.2 Å². The molecule has 1 aliphatic rings. The lowest BCUT2D eigenvalue weighted by atomic mass is 10.1. The predicted molar refractivity (Wildman–Crippen MR) is 110 cm³/mol. The molecule has 0 saturated carbocycles. The fourth-order valence-corrected chi connectivity index (χ4v) is 3.65. The zero-order valence-corrected chi connectivity index (χ0v) is 16.5. The summed E-state index contributed by atoms with van der Waals surface area (Å²) in [5.41, 5.74) is 2.16.